The summed E-state index contributed by atoms with van der Waals surface area (Å²) in [6, 6.07) is 15.1. The molecule has 0 saturated carbocycles. The van der Waals surface area contributed by atoms with Crippen molar-refractivity contribution in [2.24, 2.45) is 4.99 Å². The largest absolute Gasteiger partial charge is 0.478 e. The lowest BCUT2D eigenvalue weighted by molar-refractivity contribution is -0.127. The van der Waals surface area contributed by atoms with Crippen molar-refractivity contribution in [3.63, 3.8) is 0 Å². The van der Waals surface area contributed by atoms with Gasteiger partial charge in [-0.3, -0.25) is 14.5 Å². The van der Waals surface area contributed by atoms with Crippen LogP contribution >= 0.6 is 11.8 Å². The molecule has 0 bridgehead atoms. The predicted octanol–water partition coefficient (Wildman–Crippen LogP) is 3.53. The number of carboxylic acids is 1. The number of anilines is 1. The monoisotopic (exact) mass is 409 g/mol. The van der Waals surface area contributed by atoms with Crippen LogP contribution in [0.1, 0.15) is 16.8 Å². The number of carbonyl (C=O) groups excluding carboxylic acids is 2. The standard InChI is InChI=1S/C21H19N3O4S/c1-2-12-24-19(26)17(13-18(25)22-15-6-4-3-5-7-15)29-21(24)23-16-10-8-14(9-11-16)20(27)28/h2-11,17H,1,12-13H2,(H,22,25)(H,27,28)/t17-/m1/s1. The molecule has 1 aliphatic rings. The molecule has 1 heterocycles. The van der Waals surface area contributed by atoms with E-state index in [1.54, 1.807) is 30.3 Å². The Bertz CT molecular complexity index is 958. The van der Waals surface area contributed by atoms with Crippen LogP contribution in [0.3, 0.4) is 0 Å². The summed E-state index contributed by atoms with van der Waals surface area (Å²) in [5.74, 6) is -1.49. The SMILES string of the molecule is C=CCN1C(=O)[C@@H](CC(=O)Nc2ccccc2)SC1=Nc1ccc(C(=O)O)cc1. The minimum absolute atomic E-state index is 0.0169. The topological polar surface area (TPSA) is 99.1 Å². The van der Waals surface area contributed by atoms with Gasteiger partial charge in [0.25, 0.3) is 0 Å². The molecule has 0 aromatic heterocycles. The molecule has 2 N–H and O–H groups in total. The number of para-hydroxylation sites is 1. The summed E-state index contributed by atoms with van der Waals surface area (Å²) in [4.78, 5) is 42.0. The zero-order valence-electron chi connectivity index (χ0n) is 15.4. The molecule has 7 nitrogen and oxygen atoms in total. The highest BCUT2D eigenvalue weighted by atomic mass is 32.2. The predicted molar refractivity (Wildman–Crippen MR) is 113 cm³/mol. The Balaban J connectivity index is 1.74. The maximum Gasteiger partial charge on any atom is 0.335 e. The first kappa shape index (κ1) is 20.3. The molecule has 1 fully saturated rings. The zero-order valence-corrected chi connectivity index (χ0v) is 16.3. The fourth-order valence-electron chi connectivity index (χ4n) is 2.71. The van der Waals surface area contributed by atoms with E-state index in [4.69, 9.17) is 5.11 Å². The van der Waals surface area contributed by atoms with Crippen molar-refractivity contribution in [1.82, 2.24) is 4.90 Å². The Hall–Kier alpha value is -3.39. The smallest absolute Gasteiger partial charge is 0.335 e. The number of nitrogens with zero attached hydrogens (tertiary/aromatic N) is 2. The van der Waals surface area contributed by atoms with Crippen molar-refractivity contribution in [3.8, 4) is 0 Å². The first-order valence-electron chi connectivity index (χ1n) is 8.84. The number of nitrogens with one attached hydrogen (secondary N) is 1. The van der Waals surface area contributed by atoms with Gasteiger partial charge >= 0.3 is 5.97 Å². The third-order valence-corrected chi connectivity index (χ3v) is 5.27. The fourth-order valence-corrected chi connectivity index (χ4v) is 3.88. The van der Waals surface area contributed by atoms with Gasteiger partial charge in [-0.2, -0.15) is 0 Å². The summed E-state index contributed by atoms with van der Waals surface area (Å²) in [5, 5.41) is 11.6. The van der Waals surface area contributed by atoms with E-state index in [1.165, 1.54) is 28.8 Å². The van der Waals surface area contributed by atoms with E-state index in [0.29, 0.717) is 16.5 Å². The van der Waals surface area contributed by atoms with E-state index in [0.717, 1.165) is 0 Å². The van der Waals surface area contributed by atoms with Crippen LogP contribution in [0.2, 0.25) is 0 Å². The van der Waals surface area contributed by atoms with Crippen LogP contribution in [0.15, 0.2) is 72.2 Å². The molecule has 2 aromatic rings. The van der Waals surface area contributed by atoms with Crippen molar-refractivity contribution in [2.45, 2.75) is 11.7 Å². The molecule has 2 aromatic carbocycles. The van der Waals surface area contributed by atoms with Crippen molar-refractivity contribution in [2.75, 3.05) is 11.9 Å². The molecule has 29 heavy (non-hydrogen) atoms. The van der Waals surface area contributed by atoms with E-state index in [2.05, 4.69) is 16.9 Å². The van der Waals surface area contributed by atoms with Gasteiger partial charge in [0.15, 0.2) is 5.17 Å². The quantitative estimate of drug-likeness (QED) is 0.682. The van der Waals surface area contributed by atoms with Gasteiger partial charge in [-0.25, -0.2) is 9.79 Å². The zero-order chi connectivity index (χ0) is 20.8. The first-order valence-corrected chi connectivity index (χ1v) is 9.72. The van der Waals surface area contributed by atoms with Gasteiger partial charge in [-0.15, -0.1) is 6.58 Å². The minimum atomic E-state index is -1.02. The molecular weight excluding hydrogens is 390 g/mol. The van der Waals surface area contributed by atoms with Crippen LogP contribution in [-0.4, -0.2) is 44.8 Å². The number of benzene rings is 2. The molecular formula is C21H19N3O4S. The molecule has 1 atom stereocenters. The average molecular weight is 409 g/mol. The first-order chi connectivity index (χ1) is 14.0. The summed E-state index contributed by atoms with van der Waals surface area (Å²) < 4.78 is 0. The number of carboxylic acid groups (broad SMARTS) is 1. The summed E-state index contributed by atoms with van der Waals surface area (Å²) >= 11 is 1.21. The number of hydrogen-bond acceptors (Lipinski definition) is 5. The second kappa shape index (κ2) is 9.20. The van der Waals surface area contributed by atoms with Crippen molar-refractivity contribution in [1.29, 1.82) is 0 Å². The lowest BCUT2D eigenvalue weighted by atomic mass is 10.2. The van der Waals surface area contributed by atoms with Gasteiger partial charge in [0, 0.05) is 18.7 Å². The van der Waals surface area contributed by atoms with Crippen LogP contribution < -0.4 is 5.32 Å². The second-order valence-corrected chi connectivity index (χ2v) is 7.38. The van der Waals surface area contributed by atoms with Gasteiger partial charge < -0.3 is 10.4 Å². The molecule has 1 saturated heterocycles. The van der Waals surface area contributed by atoms with Crippen LogP contribution in [0.4, 0.5) is 11.4 Å². The number of hydrogen-bond donors (Lipinski definition) is 2. The van der Waals surface area contributed by atoms with Crippen molar-refractivity contribution < 1.29 is 19.5 Å². The average Bonchev–Trinajstić information content (AvgIpc) is 2.98. The third-order valence-electron chi connectivity index (χ3n) is 4.10. The van der Waals surface area contributed by atoms with Gasteiger partial charge in [-0.05, 0) is 36.4 Å². The van der Waals surface area contributed by atoms with Gasteiger partial charge in [0.1, 0.15) is 5.25 Å². The number of aromatic carboxylic acids is 1. The molecule has 0 aliphatic carbocycles. The Morgan fingerprint density at radius 3 is 2.48 bits per heavy atom. The van der Waals surface area contributed by atoms with E-state index in [9.17, 15) is 14.4 Å². The van der Waals surface area contributed by atoms with Crippen LogP contribution in [0.25, 0.3) is 0 Å². The number of rotatable bonds is 7. The highest BCUT2D eigenvalue weighted by molar-refractivity contribution is 8.15. The van der Waals surface area contributed by atoms with E-state index >= 15 is 0 Å². The number of aliphatic imine (C=N–C) groups is 1. The molecule has 0 spiro atoms. The second-order valence-electron chi connectivity index (χ2n) is 6.21. The third kappa shape index (κ3) is 5.11. The number of carbonyl (C=O) groups is 3. The van der Waals surface area contributed by atoms with Gasteiger partial charge in [-0.1, -0.05) is 36.0 Å². The van der Waals surface area contributed by atoms with Gasteiger partial charge in [0.2, 0.25) is 11.8 Å². The van der Waals surface area contributed by atoms with Crippen LogP contribution in [0.5, 0.6) is 0 Å². The maximum absolute atomic E-state index is 12.7. The Morgan fingerprint density at radius 2 is 1.86 bits per heavy atom. The van der Waals surface area contributed by atoms with Crippen LogP contribution in [0, 0.1) is 0 Å². The highest BCUT2D eigenvalue weighted by Crippen LogP contribution is 2.32. The van der Waals surface area contributed by atoms with Crippen molar-refractivity contribution in [3.05, 3.63) is 72.8 Å². The lowest BCUT2D eigenvalue weighted by Gasteiger charge is -2.13. The summed E-state index contributed by atoms with van der Waals surface area (Å²) in [6.45, 7) is 3.94. The Labute approximate surface area is 172 Å². The molecule has 0 unspecified atom stereocenters. The van der Waals surface area contributed by atoms with E-state index < -0.39 is 11.2 Å². The molecule has 2 amide bonds. The molecule has 0 radical (unpaired) electrons. The Morgan fingerprint density at radius 1 is 1.17 bits per heavy atom. The van der Waals surface area contributed by atoms with E-state index in [1.807, 2.05) is 18.2 Å². The molecule has 3 rings (SSSR count). The number of amidine groups is 1. The highest BCUT2D eigenvalue weighted by Gasteiger charge is 2.38. The van der Waals surface area contributed by atoms with E-state index in [-0.39, 0.29) is 30.3 Å². The van der Waals surface area contributed by atoms with Crippen LogP contribution in [-0.2, 0) is 9.59 Å². The molecule has 1 aliphatic heterocycles. The lowest BCUT2D eigenvalue weighted by Crippen LogP contribution is -2.33. The minimum Gasteiger partial charge on any atom is -0.478 e. The number of amides is 2. The maximum atomic E-state index is 12.7. The van der Waals surface area contributed by atoms with Gasteiger partial charge in [0.05, 0.1) is 11.3 Å². The number of thioether (sulfide) groups is 1. The molecule has 8 heteroatoms. The summed E-state index contributed by atoms with van der Waals surface area (Å²) in [6.07, 6.45) is 1.61. The summed E-state index contributed by atoms with van der Waals surface area (Å²) in [5.41, 5.74) is 1.35. The molecule has 148 valence electrons. The normalized spacial score (nSPS) is 17.4. The fraction of sp³-hybridized carbons (Fsp3) is 0.143. The summed E-state index contributed by atoms with van der Waals surface area (Å²) in [7, 11) is 0. The van der Waals surface area contributed by atoms with Crippen molar-refractivity contribution >= 4 is 46.1 Å². The Kier molecular flexibility index (Phi) is 6.46.